The van der Waals surface area contributed by atoms with Gasteiger partial charge in [-0.1, -0.05) is 77.6 Å². The van der Waals surface area contributed by atoms with Crippen molar-refractivity contribution in [2.75, 3.05) is 0 Å². The van der Waals surface area contributed by atoms with Crippen LogP contribution < -0.4 is 0 Å². The molecule has 105 valence electrons. The quantitative estimate of drug-likeness (QED) is 0.281. The minimum Gasteiger partial charge on any atom is -0.103 e. The van der Waals surface area contributed by atoms with Gasteiger partial charge >= 0.3 is 0 Å². The fourth-order valence-corrected chi connectivity index (χ4v) is 2.23. The molecular formula is C18H33. The van der Waals surface area contributed by atoms with E-state index in [2.05, 4.69) is 25.7 Å². The molecule has 0 aromatic heterocycles. The summed E-state index contributed by atoms with van der Waals surface area (Å²) < 4.78 is 0. The highest BCUT2D eigenvalue weighted by Gasteiger charge is 1.92. The summed E-state index contributed by atoms with van der Waals surface area (Å²) in [5.74, 6) is 6.18. The van der Waals surface area contributed by atoms with Crippen LogP contribution in [0, 0.1) is 18.8 Å². The first kappa shape index (κ1) is 17.6. The van der Waals surface area contributed by atoms with Crippen molar-refractivity contribution < 1.29 is 0 Å². The van der Waals surface area contributed by atoms with Gasteiger partial charge in [0.1, 0.15) is 0 Å². The topological polar surface area (TPSA) is 0 Å². The molecular weight excluding hydrogens is 216 g/mol. The molecule has 0 bridgehead atoms. The molecule has 0 fully saturated rings. The Morgan fingerprint density at radius 2 is 1.06 bits per heavy atom. The Balaban J connectivity index is 2.94. The minimum atomic E-state index is 0.762. The highest BCUT2D eigenvalue weighted by Crippen LogP contribution is 2.12. The van der Waals surface area contributed by atoms with Crippen molar-refractivity contribution in [1.29, 1.82) is 0 Å². The van der Waals surface area contributed by atoms with Crippen molar-refractivity contribution in [2.24, 2.45) is 0 Å². The van der Waals surface area contributed by atoms with E-state index in [0.29, 0.717) is 0 Å². The van der Waals surface area contributed by atoms with Crippen LogP contribution >= 0.6 is 0 Å². The van der Waals surface area contributed by atoms with Crippen molar-refractivity contribution in [3.63, 3.8) is 0 Å². The fraction of sp³-hybridized carbons (Fsp3) is 0.833. The molecule has 0 nitrogen and oxygen atoms in total. The van der Waals surface area contributed by atoms with Gasteiger partial charge in [0.15, 0.2) is 0 Å². The van der Waals surface area contributed by atoms with E-state index in [0.717, 1.165) is 12.8 Å². The Bertz CT molecular complexity index is 194. The van der Waals surface area contributed by atoms with Gasteiger partial charge in [-0.15, -0.1) is 11.8 Å². The Morgan fingerprint density at radius 3 is 1.50 bits per heavy atom. The van der Waals surface area contributed by atoms with Crippen molar-refractivity contribution in [1.82, 2.24) is 0 Å². The second-order valence-corrected chi connectivity index (χ2v) is 5.24. The Kier molecular flexibility index (Phi) is 16.2. The Morgan fingerprint density at radius 1 is 0.611 bits per heavy atom. The Hall–Kier alpha value is -0.440. The fourth-order valence-electron chi connectivity index (χ4n) is 2.23. The highest BCUT2D eigenvalue weighted by atomic mass is 14.0. The molecule has 0 aliphatic carbocycles. The summed E-state index contributed by atoms with van der Waals surface area (Å²) in [5.41, 5.74) is 0. The first-order valence-corrected chi connectivity index (χ1v) is 8.16. The Labute approximate surface area is 116 Å². The largest absolute Gasteiger partial charge is 0.103 e. The van der Waals surface area contributed by atoms with Crippen LogP contribution in [0.15, 0.2) is 0 Å². The summed E-state index contributed by atoms with van der Waals surface area (Å²) in [5, 5.41) is 0. The van der Waals surface area contributed by atoms with E-state index in [1.165, 1.54) is 77.0 Å². The van der Waals surface area contributed by atoms with Gasteiger partial charge in [0, 0.05) is 12.8 Å². The summed E-state index contributed by atoms with van der Waals surface area (Å²) in [4.78, 5) is 0. The molecule has 0 rings (SSSR count). The van der Waals surface area contributed by atoms with Crippen LogP contribution in [0.1, 0.15) is 96.8 Å². The summed E-state index contributed by atoms with van der Waals surface area (Å²) in [7, 11) is 0. The van der Waals surface area contributed by atoms with Crippen molar-refractivity contribution in [3.05, 3.63) is 6.92 Å². The first-order chi connectivity index (χ1) is 8.91. The third-order valence-electron chi connectivity index (χ3n) is 3.41. The van der Waals surface area contributed by atoms with E-state index in [1.807, 2.05) is 0 Å². The van der Waals surface area contributed by atoms with Crippen molar-refractivity contribution >= 4 is 0 Å². The van der Waals surface area contributed by atoms with Crippen LogP contribution in [0.3, 0.4) is 0 Å². The molecule has 0 amide bonds. The smallest absolute Gasteiger partial charge is 0.00890 e. The van der Waals surface area contributed by atoms with Gasteiger partial charge in [-0.25, -0.2) is 0 Å². The van der Waals surface area contributed by atoms with Crippen LogP contribution in [0.5, 0.6) is 0 Å². The molecule has 1 radical (unpaired) electrons. The van der Waals surface area contributed by atoms with E-state index in [9.17, 15) is 0 Å². The molecule has 0 heterocycles. The molecule has 0 heteroatoms. The van der Waals surface area contributed by atoms with Crippen LogP contribution in [-0.2, 0) is 0 Å². The molecule has 0 aliphatic heterocycles. The predicted octanol–water partition coefficient (Wildman–Crippen LogP) is 6.31. The lowest BCUT2D eigenvalue weighted by Crippen LogP contribution is -1.82. The van der Waals surface area contributed by atoms with Gasteiger partial charge in [-0.2, -0.15) is 0 Å². The summed E-state index contributed by atoms with van der Waals surface area (Å²) in [6.07, 6.45) is 18.8. The molecule has 0 aromatic rings. The predicted molar refractivity (Wildman–Crippen MR) is 83.4 cm³/mol. The van der Waals surface area contributed by atoms with E-state index >= 15 is 0 Å². The number of unbranched alkanes of at least 4 members (excludes halogenated alkanes) is 12. The van der Waals surface area contributed by atoms with Crippen LogP contribution in [0.2, 0.25) is 0 Å². The molecule has 0 unspecified atom stereocenters. The number of hydrogen-bond acceptors (Lipinski definition) is 0. The zero-order valence-electron chi connectivity index (χ0n) is 12.6. The molecule has 0 aromatic carbocycles. The van der Waals surface area contributed by atoms with Gasteiger partial charge in [-0.3, -0.25) is 0 Å². The molecule has 0 aliphatic rings. The van der Waals surface area contributed by atoms with Gasteiger partial charge in [-0.05, 0) is 13.3 Å². The second kappa shape index (κ2) is 16.6. The van der Waals surface area contributed by atoms with Crippen LogP contribution in [-0.4, -0.2) is 0 Å². The third-order valence-corrected chi connectivity index (χ3v) is 3.41. The van der Waals surface area contributed by atoms with E-state index in [4.69, 9.17) is 0 Å². The van der Waals surface area contributed by atoms with E-state index < -0.39 is 0 Å². The summed E-state index contributed by atoms with van der Waals surface area (Å²) >= 11 is 0. The molecule has 0 spiro atoms. The van der Waals surface area contributed by atoms with Crippen LogP contribution in [0.4, 0.5) is 0 Å². The maximum absolute atomic E-state index is 3.71. The maximum atomic E-state index is 3.71. The molecule has 0 atom stereocenters. The van der Waals surface area contributed by atoms with Crippen LogP contribution in [0.25, 0.3) is 0 Å². The van der Waals surface area contributed by atoms with E-state index in [1.54, 1.807) is 0 Å². The monoisotopic (exact) mass is 249 g/mol. The molecule has 0 saturated heterocycles. The van der Waals surface area contributed by atoms with Crippen molar-refractivity contribution in [3.8, 4) is 11.8 Å². The average molecular weight is 249 g/mol. The third kappa shape index (κ3) is 15.6. The minimum absolute atomic E-state index is 0.762. The van der Waals surface area contributed by atoms with Gasteiger partial charge < -0.3 is 0 Å². The number of hydrogen-bond donors (Lipinski definition) is 0. The molecule has 0 saturated carbocycles. The van der Waals surface area contributed by atoms with E-state index in [-0.39, 0.29) is 0 Å². The standard InChI is InChI=1S/C18H33/c1-3-5-7-9-11-13-15-17-18-16-14-12-10-8-6-4-2/h1,3-4,6,8-18H2,2H3. The SMILES string of the molecule is [CH2]CC#CCCCCCCCCCCCCCC. The lowest BCUT2D eigenvalue weighted by Gasteiger charge is -2.01. The highest BCUT2D eigenvalue weighted by molar-refractivity contribution is 4.98. The van der Waals surface area contributed by atoms with Gasteiger partial charge in [0.2, 0.25) is 0 Å². The summed E-state index contributed by atoms with van der Waals surface area (Å²) in [6, 6.07) is 0. The maximum Gasteiger partial charge on any atom is 0.00890 e. The average Bonchev–Trinajstić information content (AvgIpc) is 2.39. The lowest BCUT2D eigenvalue weighted by atomic mass is 10.0. The summed E-state index contributed by atoms with van der Waals surface area (Å²) in [6.45, 7) is 5.99. The normalized spacial score (nSPS) is 10.1. The lowest BCUT2D eigenvalue weighted by molar-refractivity contribution is 0.545. The first-order valence-electron chi connectivity index (χ1n) is 8.16. The van der Waals surface area contributed by atoms with Crippen molar-refractivity contribution in [2.45, 2.75) is 96.8 Å². The second-order valence-electron chi connectivity index (χ2n) is 5.24. The van der Waals surface area contributed by atoms with Gasteiger partial charge in [0.05, 0.1) is 0 Å². The molecule has 0 N–H and O–H groups in total. The van der Waals surface area contributed by atoms with Gasteiger partial charge in [0.25, 0.3) is 0 Å². The molecule has 18 heavy (non-hydrogen) atoms. The number of rotatable bonds is 12. The zero-order chi connectivity index (χ0) is 13.3. The zero-order valence-corrected chi connectivity index (χ0v) is 12.6.